The number of benzene rings is 2. The van der Waals surface area contributed by atoms with Gasteiger partial charge in [-0.05, 0) is 74.1 Å². The van der Waals surface area contributed by atoms with Crippen LogP contribution in [0.5, 0.6) is 0 Å². The van der Waals surface area contributed by atoms with Gasteiger partial charge < -0.3 is 15.6 Å². The van der Waals surface area contributed by atoms with E-state index in [2.05, 4.69) is 20.9 Å². The molecule has 1 atom stereocenters. The van der Waals surface area contributed by atoms with E-state index in [-0.39, 0.29) is 5.91 Å². The van der Waals surface area contributed by atoms with Gasteiger partial charge in [0.05, 0.1) is 0 Å². The molecule has 1 saturated heterocycles. The Labute approximate surface area is 173 Å². The quantitative estimate of drug-likeness (QED) is 0.505. The molecule has 30 heavy (non-hydrogen) atoms. The van der Waals surface area contributed by atoms with Gasteiger partial charge >= 0.3 is 6.03 Å². The first kappa shape index (κ1) is 18.4. The highest BCUT2D eigenvalue weighted by molar-refractivity contribution is 6.08. The molecular formula is C23H22N4O3. The summed E-state index contributed by atoms with van der Waals surface area (Å²) < 4.78 is 0. The van der Waals surface area contributed by atoms with Gasteiger partial charge in [0.15, 0.2) is 0 Å². The van der Waals surface area contributed by atoms with E-state index in [9.17, 15) is 14.4 Å². The molecule has 0 spiro atoms. The van der Waals surface area contributed by atoms with Gasteiger partial charge in [0.2, 0.25) is 0 Å². The van der Waals surface area contributed by atoms with Crippen LogP contribution < -0.4 is 16.0 Å². The predicted molar refractivity (Wildman–Crippen MR) is 113 cm³/mol. The number of fused-ring (bicyclic) bond motifs is 3. The minimum absolute atomic E-state index is 0.187. The van der Waals surface area contributed by atoms with Gasteiger partial charge in [0.1, 0.15) is 5.54 Å². The summed E-state index contributed by atoms with van der Waals surface area (Å²) in [6, 6.07) is 12.2. The van der Waals surface area contributed by atoms with Crippen LogP contribution in [0.2, 0.25) is 0 Å². The molecule has 0 bridgehead atoms. The average molecular weight is 402 g/mol. The lowest BCUT2D eigenvalue weighted by Gasteiger charge is -2.21. The smallest absolute Gasteiger partial charge is 0.322 e. The number of rotatable bonds is 3. The number of aromatic nitrogens is 1. The van der Waals surface area contributed by atoms with Gasteiger partial charge in [-0.2, -0.15) is 0 Å². The number of aryl methyl sites for hydroxylation is 2. The number of amides is 4. The third kappa shape index (κ3) is 2.94. The van der Waals surface area contributed by atoms with Crippen molar-refractivity contribution in [2.45, 2.75) is 38.1 Å². The van der Waals surface area contributed by atoms with E-state index in [1.807, 2.05) is 18.2 Å². The molecule has 2 heterocycles. The largest absolute Gasteiger partial charge is 0.358 e. The van der Waals surface area contributed by atoms with Gasteiger partial charge in [-0.1, -0.05) is 12.1 Å². The molecule has 3 aromatic rings. The van der Waals surface area contributed by atoms with Crippen molar-refractivity contribution in [2.75, 3.05) is 5.32 Å². The van der Waals surface area contributed by atoms with Crippen LogP contribution >= 0.6 is 0 Å². The summed E-state index contributed by atoms with van der Waals surface area (Å²) >= 11 is 0. The molecule has 1 aliphatic carbocycles. The first-order valence-electron chi connectivity index (χ1n) is 10.1. The number of anilines is 1. The van der Waals surface area contributed by atoms with Crippen molar-refractivity contribution in [2.24, 2.45) is 0 Å². The number of carbonyl (C=O) groups excluding carboxylic acids is 3. The van der Waals surface area contributed by atoms with E-state index in [1.165, 1.54) is 24.1 Å². The normalized spacial score (nSPS) is 20.6. The zero-order chi connectivity index (χ0) is 20.9. The summed E-state index contributed by atoms with van der Waals surface area (Å²) in [5.41, 5.74) is 4.46. The van der Waals surface area contributed by atoms with Crippen molar-refractivity contribution in [3.63, 3.8) is 0 Å². The van der Waals surface area contributed by atoms with Crippen LogP contribution in [-0.2, 0) is 23.2 Å². The van der Waals surface area contributed by atoms with Gasteiger partial charge in [-0.3, -0.25) is 14.9 Å². The van der Waals surface area contributed by atoms with Crippen LogP contribution in [0.25, 0.3) is 10.9 Å². The molecular weight excluding hydrogens is 380 g/mol. The molecule has 7 nitrogen and oxygen atoms in total. The van der Waals surface area contributed by atoms with Gasteiger partial charge in [0, 0.05) is 27.8 Å². The second-order valence-corrected chi connectivity index (χ2v) is 8.11. The Morgan fingerprint density at radius 3 is 2.53 bits per heavy atom. The fraction of sp³-hybridized carbons (Fsp3) is 0.261. The maximum atomic E-state index is 12.8. The zero-order valence-electron chi connectivity index (χ0n) is 16.6. The van der Waals surface area contributed by atoms with Gasteiger partial charge in [0.25, 0.3) is 11.8 Å². The number of imide groups is 1. The molecule has 4 N–H and O–H groups in total. The Balaban J connectivity index is 1.36. The van der Waals surface area contributed by atoms with Crippen molar-refractivity contribution in [1.82, 2.24) is 15.6 Å². The molecule has 7 heteroatoms. The minimum Gasteiger partial charge on any atom is -0.358 e. The fourth-order valence-corrected chi connectivity index (χ4v) is 4.38. The van der Waals surface area contributed by atoms with Gasteiger partial charge in [-0.15, -0.1) is 0 Å². The van der Waals surface area contributed by atoms with E-state index in [4.69, 9.17) is 0 Å². The standard InChI is InChI=1S/C23H22N4O3/c1-23(21(29)26-22(30)27-23)14-7-9-15(10-8-14)24-20(28)13-6-11-19-17(12-13)16-4-2-3-5-18(16)25-19/h6-12,25H,2-5H2,1H3,(H,24,28)(H2,26,27,29,30). The third-order valence-corrected chi connectivity index (χ3v) is 6.13. The Morgan fingerprint density at radius 2 is 1.80 bits per heavy atom. The fourth-order valence-electron chi connectivity index (χ4n) is 4.38. The number of H-pyrrole nitrogens is 1. The summed E-state index contributed by atoms with van der Waals surface area (Å²) in [6.07, 6.45) is 4.49. The van der Waals surface area contributed by atoms with Crippen LogP contribution in [0, 0.1) is 0 Å². The second-order valence-electron chi connectivity index (χ2n) is 8.11. The summed E-state index contributed by atoms with van der Waals surface area (Å²) in [4.78, 5) is 39.8. The van der Waals surface area contributed by atoms with Crippen molar-refractivity contribution in [1.29, 1.82) is 0 Å². The molecule has 1 aromatic heterocycles. The van der Waals surface area contributed by atoms with Crippen molar-refractivity contribution >= 4 is 34.4 Å². The maximum Gasteiger partial charge on any atom is 0.322 e. The molecule has 2 aliphatic rings. The lowest BCUT2D eigenvalue weighted by molar-refractivity contribution is -0.123. The number of carbonyl (C=O) groups is 3. The Bertz CT molecular complexity index is 1200. The van der Waals surface area contributed by atoms with Crippen molar-refractivity contribution < 1.29 is 14.4 Å². The average Bonchev–Trinajstić information content (AvgIpc) is 3.24. The molecule has 1 fully saturated rings. The van der Waals surface area contributed by atoms with Gasteiger partial charge in [-0.25, -0.2) is 4.79 Å². The first-order valence-corrected chi connectivity index (χ1v) is 10.1. The van der Waals surface area contributed by atoms with Crippen LogP contribution in [-0.4, -0.2) is 22.8 Å². The van der Waals surface area contributed by atoms with Crippen LogP contribution in [0.3, 0.4) is 0 Å². The van der Waals surface area contributed by atoms with Crippen LogP contribution in [0.1, 0.15) is 46.9 Å². The molecule has 0 radical (unpaired) electrons. The highest BCUT2D eigenvalue weighted by Crippen LogP contribution is 2.30. The second kappa shape index (κ2) is 6.73. The number of nitrogens with one attached hydrogen (secondary N) is 4. The number of aromatic amines is 1. The van der Waals surface area contributed by atoms with Crippen LogP contribution in [0.15, 0.2) is 42.5 Å². The van der Waals surface area contributed by atoms with E-state index in [1.54, 1.807) is 31.2 Å². The third-order valence-electron chi connectivity index (χ3n) is 6.13. The minimum atomic E-state index is -1.11. The highest BCUT2D eigenvalue weighted by atomic mass is 16.2. The van der Waals surface area contributed by atoms with E-state index in [0.29, 0.717) is 16.8 Å². The van der Waals surface area contributed by atoms with Crippen molar-refractivity contribution in [3.8, 4) is 0 Å². The number of hydrogen-bond donors (Lipinski definition) is 4. The lowest BCUT2D eigenvalue weighted by Crippen LogP contribution is -2.40. The molecule has 1 unspecified atom stereocenters. The SMILES string of the molecule is CC1(c2ccc(NC(=O)c3ccc4[nH]c5c(c4c3)CCCC5)cc2)NC(=O)NC1=O. The molecule has 1 aliphatic heterocycles. The van der Waals surface area contributed by atoms with E-state index in [0.717, 1.165) is 23.7 Å². The molecule has 0 saturated carbocycles. The zero-order valence-corrected chi connectivity index (χ0v) is 16.6. The topological polar surface area (TPSA) is 103 Å². The Kier molecular flexibility index (Phi) is 4.13. The molecule has 152 valence electrons. The van der Waals surface area contributed by atoms with E-state index < -0.39 is 17.5 Å². The van der Waals surface area contributed by atoms with E-state index >= 15 is 0 Å². The summed E-state index contributed by atoms with van der Waals surface area (Å²) in [6.45, 7) is 1.65. The predicted octanol–water partition coefficient (Wildman–Crippen LogP) is 3.35. The summed E-state index contributed by atoms with van der Waals surface area (Å²) in [7, 11) is 0. The number of urea groups is 1. The Morgan fingerprint density at radius 1 is 1.03 bits per heavy atom. The molecule has 4 amide bonds. The van der Waals surface area contributed by atoms with Crippen molar-refractivity contribution in [3.05, 3.63) is 64.8 Å². The maximum absolute atomic E-state index is 12.8. The Hall–Kier alpha value is -3.61. The number of hydrogen-bond acceptors (Lipinski definition) is 3. The molecule has 2 aromatic carbocycles. The van der Waals surface area contributed by atoms with Crippen LogP contribution in [0.4, 0.5) is 10.5 Å². The monoisotopic (exact) mass is 402 g/mol. The lowest BCUT2D eigenvalue weighted by atomic mass is 9.92. The first-order chi connectivity index (χ1) is 14.4. The highest BCUT2D eigenvalue weighted by Gasteiger charge is 2.43. The molecule has 5 rings (SSSR count). The summed E-state index contributed by atoms with van der Waals surface area (Å²) in [5, 5.41) is 8.92. The summed E-state index contributed by atoms with van der Waals surface area (Å²) in [5.74, 6) is -0.582.